The lowest BCUT2D eigenvalue weighted by Gasteiger charge is -2.08. The summed E-state index contributed by atoms with van der Waals surface area (Å²) < 4.78 is 7.57. The van der Waals surface area contributed by atoms with Crippen molar-refractivity contribution in [3.63, 3.8) is 0 Å². The van der Waals surface area contributed by atoms with E-state index in [4.69, 9.17) is 17.0 Å². The minimum absolute atomic E-state index is 0.430. The molecule has 1 N–H and O–H groups in total. The Morgan fingerprint density at radius 3 is 2.62 bits per heavy atom. The molecule has 5 nitrogen and oxygen atoms in total. The van der Waals surface area contributed by atoms with Gasteiger partial charge in [0, 0.05) is 11.1 Å². The van der Waals surface area contributed by atoms with Gasteiger partial charge in [-0.15, -0.1) is 0 Å². The van der Waals surface area contributed by atoms with Gasteiger partial charge in [0.2, 0.25) is 4.77 Å². The highest BCUT2D eigenvalue weighted by Crippen LogP contribution is 2.26. The third kappa shape index (κ3) is 2.91. The molecule has 4 aromatic rings. The van der Waals surface area contributed by atoms with Crippen molar-refractivity contribution < 1.29 is 4.74 Å². The molecule has 0 fully saturated rings. The quantitative estimate of drug-likeness (QED) is 0.426. The summed E-state index contributed by atoms with van der Waals surface area (Å²) >= 11 is 5.35. The van der Waals surface area contributed by atoms with Crippen LogP contribution in [0, 0.1) is 4.77 Å². The van der Waals surface area contributed by atoms with Crippen LogP contribution in [0.3, 0.4) is 0 Å². The molecular formula is C20H16N4OS. The van der Waals surface area contributed by atoms with Gasteiger partial charge >= 0.3 is 0 Å². The normalized spacial score (nSPS) is 11.3. The van der Waals surface area contributed by atoms with Crippen molar-refractivity contribution in [2.75, 3.05) is 7.11 Å². The lowest BCUT2D eigenvalue weighted by Crippen LogP contribution is -1.97. The Bertz CT molecular complexity index is 1150. The fourth-order valence-corrected chi connectivity index (χ4v) is 3.05. The number of rotatable bonds is 4. The molecule has 0 unspecified atom stereocenters. The molecule has 0 saturated heterocycles. The molecule has 0 aliphatic heterocycles. The van der Waals surface area contributed by atoms with Crippen LogP contribution in [0.5, 0.6) is 5.75 Å². The van der Waals surface area contributed by atoms with E-state index >= 15 is 0 Å². The molecule has 0 bridgehead atoms. The zero-order valence-electron chi connectivity index (χ0n) is 14.1. The minimum Gasteiger partial charge on any atom is -0.496 e. The Morgan fingerprint density at radius 1 is 1.04 bits per heavy atom. The zero-order chi connectivity index (χ0) is 17.9. The number of hydrogen-bond acceptors (Lipinski definition) is 4. The number of aromatic amines is 1. The van der Waals surface area contributed by atoms with E-state index in [9.17, 15) is 0 Å². The van der Waals surface area contributed by atoms with E-state index < -0.39 is 0 Å². The minimum atomic E-state index is 0.430. The average Bonchev–Trinajstić information content (AvgIpc) is 3.07. The zero-order valence-corrected chi connectivity index (χ0v) is 14.9. The Balaban J connectivity index is 1.85. The summed E-state index contributed by atoms with van der Waals surface area (Å²) in [5.41, 5.74) is 1.83. The van der Waals surface area contributed by atoms with Gasteiger partial charge in [-0.1, -0.05) is 60.7 Å². The number of hydrogen-bond donors (Lipinski definition) is 1. The molecule has 128 valence electrons. The molecule has 1 aromatic heterocycles. The first kappa shape index (κ1) is 16.2. The number of aromatic nitrogens is 3. The van der Waals surface area contributed by atoms with E-state index in [2.05, 4.69) is 21.4 Å². The van der Waals surface area contributed by atoms with Crippen LogP contribution in [-0.2, 0) is 0 Å². The van der Waals surface area contributed by atoms with Gasteiger partial charge in [-0.3, -0.25) is 0 Å². The highest BCUT2D eigenvalue weighted by Gasteiger charge is 2.09. The fourth-order valence-electron chi connectivity index (χ4n) is 2.88. The van der Waals surface area contributed by atoms with Gasteiger partial charge in [0.25, 0.3) is 0 Å². The Hall–Kier alpha value is -3.25. The van der Waals surface area contributed by atoms with Crippen LogP contribution in [0.15, 0.2) is 71.8 Å². The van der Waals surface area contributed by atoms with Gasteiger partial charge < -0.3 is 4.74 Å². The lowest BCUT2D eigenvalue weighted by molar-refractivity contribution is 0.415. The molecule has 4 rings (SSSR count). The van der Waals surface area contributed by atoms with Gasteiger partial charge in [0.05, 0.1) is 13.3 Å². The van der Waals surface area contributed by atoms with Crippen LogP contribution in [0.25, 0.3) is 22.2 Å². The molecule has 0 atom stereocenters. The van der Waals surface area contributed by atoms with Crippen molar-refractivity contribution in [1.82, 2.24) is 14.9 Å². The number of fused-ring (bicyclic) bond motifs is 1. The highest BCUT2D eigenvalue weighted by molar-refractivity contribution is 7.71. The third-order valence-corrected chi connectivity index (χ3v) is 4.40. The number of ether oxygens (including phenoxy) is 1. The van der Waals surface area contributed by atoms with Crippen molar-refractivity contribution in [1.29, 1.82) is 0 Å². The van der Waals surface area contributed by atoms with E-state index in [1.165, 1.54) is 0 Å². The standard InChI is InChI=1S/C20H16N4OS/c1-25-18-12-11-14-7-5-6-10-16(14)17(18)13-21-24-19(22-23-20(24)26)15-8-3-2-4-9-15/h2-13H,1H3,(H,23,26)/b21-13+. The molecule has 1 heterocycles. The first-order valence-corrected chi connectivity index (χ1v) is 8.51. The number of benzene rings is 3. The second kappa shape index (κ2) is 6.93. The van der Waals surface area contributed by atoms with Gasteiger partial charge in [-0.05, 0) is 29.1 Å². The number of methoxy groups -OCH3 is 1. The summed E-state index contributed by atoms with van der Waals surface area (Å²) in [4.78, 5) is 0. The van der Waals surface area contributed by atoms with Gasteiger partial charge in [-0.2, -0.15) is 14.9 Å². The molecule has 0 amide bonds. The number of H-pyrrole nitrogens is 1. The van der Waals surface area contributed by atoms with E-state index in [-0.39, 0.29) is 0 Å². The highest BCUT2D eigenvalue weighted by atomic mass is 32.1. The first-order valence-electron chi connectivity index (χ1n) is 8.11. The molecule has 0 aliphatic carbocycles. The van der Waals surface area contributed by atoms with Crippen LogP contribution in [0.4, 0.5) is 0 Å². The van der Waals surface area contributed by atoms with Crippen LogP contribution in [0.1, 0.15) is 5.56 Å². The van der Waals surface area contributed by atoms with Crippen LogP contribution >= 0.6 is 12.2 Å². The molecule has 6 heteroatoms. The van der Waals surface area contributed by atoms with Gasteiger partial charge in [0.1, 0.15) is 5.75 Å². The molecule has 0 aliphatic rings. The summed E-state index contributed by atoms with van der Waals surface area (Å²) in [5.74, 6) is 1.41. The maximum absolute atomic E-state index is 5.52. The Labute approximate surface area is 155 Å². The van der Waals surface area contributed by atoms with Crippen LogP contribution in [-0.4, -0.2) is 28.2 Å². The number of nitrogens with one attached hydrogen (secondary N) is 1. The van der Waals surface area contributed by atoms with E-state index in [0.717, 1.165) is 27.6 Å². The summed E-state index contributed by atoms with van der Waals surface area (Å²) in [6.45, 7) is 0. The predicted molar refractivity (Wildman–Crippen MR) is 106 cm³/mol. The van der Waals surface area contributed by atoms with Crippen molar-refractivity contribution in [3.05, 3.63) is 77.1 Å². The SMILES string of the molecule is COc1ccc2ccccc2c1/C=N/n1c(-c2ccccc2)n[nH]c1=S. The summed E-state index contributed by atoms with van der Waals surface area (Å²) in [7, 11) is 1.65. The topological polar surface area (TPSA) is 55.2 Å². The van der Waals surface area contributed by atoms with E-state index in [1.54, 1.807) is 18.0 Å². The molecule has 3 aromatic carbocycles. The second-order valence-corrected chi connectivity index (χ2v) is 6.06. The van der Waals surface area contributed by atoms with Crippen molar-refractivity contribution >= 4 is 29.2 Å². The molecule has 0 saturated carbocycles. The van der Waals surface area contributed by atoms with Gasteiger partial charge in [-0.25, -0.2) is 5.10 Å². The Morgan fingerprint density at radius 2 is 1.81 bits per heavy atom. The van der Waals surface area contributed by atoms with Crippen LogP contribution < -0.4 is 4.74 Å². The summed E-state index contributed by atoms with van der Waals surface area (Å²) in [6, 6.07) is 21.9. The van der Waals surface area contributed by atoms with Crippen LogP contribution in [0.2, 0.25) is 0 Å². The average molecular weight is 360 g/mol. The monoisotopic (exact) mass is 360 g/mol. The molecule has 0 spiro atoms. The van der Waals surface area contributed by atoms with Crippen molar-refractivity contribution in [2.24, 2.45) is 5.10 Å². The predicted octanol–water partition coefficient (Wildman–Crippen LogP) is 4.65. The maximum atomic E-state index is 5.52. The largest absolute Gasteiger partial charge is 0.496 e. The first-order chi connectivity index (χ1) is 12.8. The molecular weight excluding hydrogens is 344 g/mol. The molecule has 26 heavy (non-hydrogen) atoms. The van der Waals surface area contributed by atoms with E-state index in [0.29, 0.717) is 10.6 Å². The Kier molecular flexibility index (Phi) is 4.33. The summed E-state index contributed by atoms with van der Waals surface area (Å²) in [6.07, 6.45) is 1.76. The lowest BCUT2D eigenvalue weighted by atomic mass is 10.0. The van der Waals surface area contributed by atoms with Gasteiger partial charge in [0.15, 0.2) is 5.82 Å². The smallest absolute Gasteiger partial charge is 0.216 e. The van der Waals surface area contributed by atoms with Crippen molar-refractivity contribution in [2.45, 2.75) is 0 Å². The van der Waals surface area contributed by atoms with Crippen molar-refractivity contribution in [3.8, 4) is 17.1 Å². The summed E-state index contributed by atoms with van der Waals surface area (Å²) in [5, 5.41) is 13.9. The third-order valence-electron chi connectivity index (χ3n) is 4.14. The second-order valence-electron chi connectivity index (χ2n) is 5.68. The fraction of sp³-hybridized carbons (Fsp3) is 0.0500. The maximum Gasteiger partial charge on any atom is 0.216 e. The number of nitrogens with zero attached hydrogens (tertiary/aromatic N) is 3. The molecule has 0 radical (unpaired) electrons. The van der Waals surface area contributed by atoms with E-state index in [1.807, 2.05) is 60.7 Å².